The zero-order valence-corrected chi connectivity index (χ0v) is 27.0. The molecule has 2 aliphatic heterocycles. The lowest BCUT2D eigenvalue weighted by atomic mass is 9.93. The molecule has 0 spiro atoms. The maximum Gasteiger partial charge on any atom is 0.471 e. The van der Waals surface area contributed by atoms with Crippen LogP contribution >= 0.6 is 11.3 Å². The predicted octanol–water partition coefficient (Wildman–Crippen LogP) is 5.16. The molecule has 2 atom stereocenters. The number of carbonyl (C=O) groups excluding carboxylic acids is 3. The molecule has 4 heterocycles. The molecule has 3 N–H and O–H groups in total. The number of halogens is 3. The molecule has 2 aromatic rings. The summed E-state index contributed by atoms with van der Waals surface area (Å²) in [5.74, 6) is -2.35. The van der Waals surface area contributed by atoms with Crippen LogP contribution in [0.15, 0.2) is 10.6 Å². The molecule has 2 saturated heterocycles. The summed E-state index contributed by atoms with van der Waals surface area (Å²) in [5, 5.41) is 27.3. The molecule has 0 radical (unpaired) electrons. The predicted molar refractivity (Wildman–Crippen MR) is 159 cm³/mol. The Hall–Kier alpha value is -3.76. The smallest absolute Gasteiger partial charge is 0.465 e. The molecule has 250 valence electrons. The van der Waals surface area contributed by atoms with E-state index in [0.29, 0.717) is 41.6 Å². The van der Waals surface area contributed by atoms with Crippen molar-refractivity contribution in [2.24, 2.45) is 0 Å². The van der Waals surface area contributed by atoms with Crippen LogP contribution in [-0.4, -0.2) is 85.4 Å². The first-order chi connectivity index (χ1) is 20.8. The van der Waals surface area contributed by atoms with Crippen LogP contribution in [0.1, 0.15) is 90.8 Å². The molecule has 0 aromatic carbocycles. The molecule has 2 fully saturated rings. The van der Waals surface area contributed by atoms with Gasteiger partial charge in [-0.25, -0.2) is 4.79 Å². The Morgan fingerprint density at radius 2 is 1.42 bits per heavy atom. The third-order valence-corrected chi connectivity index (χ3v) is 8.42. The highest BCUT2D eigenvalue weighted by Gasteiger charge is 2.47. The van der Waals surface area contributed by atoms with Gasteiger partial charge in [-0.1, -0.05) is 58.0 Å². The van der Waals surface area contributed by atoms with E-state index in [2.05, 4.69) is 26.0 Å². The Bertz CT molecular complexity index is 1370. The molecule has 4 amide bonds. The van der Waals surface area contributed by atoms with Gasteiger partial charge in [0.25, 0.3) is 0 Å². The monoisotopic (exact) mass is 659 g/mol. The lowest BCUT2D eigenvalue weighted by Gasteiger charge is -2.34. The standard InChI is InChI=1S/C15H20F3N3O3.C13H20N4O3S/c1-14(2,3)10-8-11(20-24-10)19-12(22)9-6-4-5-7-21(9)13(23)15(16,17)18;1-13(2,3)10-15-16-11(21-10)14-9(18)8-6-4-5-7-17(8)12(19)20/h8-9H,4-7H2,1-3H3,(H,19,20,22);8H,4-7H2,1-3H3,(H,19,20)(H,14,16,18)/t9-;8-/m00/s1. The number of hydrogen-bond donors (Lipinski definition) is 3. The fourth-order valence-corrected chi connectivity index (χ4v) is 5.51. The second-order valence-electron chi connectivity index (χ2n) is 13.0. The fraction of sp³-hybridized carbons (Fsp3) is 0.679. The van der Waals surface area contributed by atoms with Crippen molar-refractivity contribution in [2.45, 2.75) is 109 Å². The van der Waals surface area contributed by atoms with Crippen LogP contribution in [0, 0.1) is 0 Å². The van der Waals surface area contributed by atoms with Gasteiger partial charge >= 0.3 is 18.2 Å². The number of alkyl halides is 3. The van der Waals surface area contributed by atoms with E-state index in [0.717, 1.165) is 17.8 Å². The van der Waals surface area contributed by atoms with Crippen molar-refractivity contribution in [1.82, 2.24) is 25.2 Å². The number of hydrogen-bond acceptors (Lipinski definition) is 9. The van der Waals surface area contributed by atoms with E-state index in [-0.39, 0.29) is 35.5 Å². The third-order valence-electron chi connectivity index (χ3n) is 7.16. The number of rotatable bonds is 4. The summed E-state index contributed by atoms with van der Waals surface area (Å²) < 4.78 is 43.2. The second kappa shape index (κ2) is 14.1. The molecule has 17 heteroatoms. The van der Waals surface area contributed by atoms with Crippen molar-refractivity contribution < 1.29 is 42.0 Å². The van der Waals surface area contributed by atoms with Crippen LogP contribution in [0.4, 0.5) is 28.9 Å². The quantitative estimate of drug-likeness (QED) is 0.401. The molecular formula is C28H40F3N7O6S. The van der Waals surface area contributed by atoms with Gasteiger partial charge in [0.05, 0.1) is 0 Å². The van der Waals surface area contributed by atoms with Crippen LogP contribution < -0.4 is 10.6 Å². The van der Waals surface area contributed by atoms with Gasteiger partial charge < -0.3 is 19.8 Å². The van der Waals surface area contributed by atoms with Crippen molar-refractivity contribution >= 4 is 46.1 Å². The number of nitrogens with zero attached hydrogens (tertiary/aromatic N) is 5. The first-order valence-electron chi connectivity index (χ1n) is 14.6. The molecule has 45 heavy (non-hydrogen) atoms. The van der Waals surface area contributed by atoms with Crippen molar-refractivity contribution in [3.63, 3.8) is 0 Å². The summed E-state index contributed by atoms with van der Waals surface area (Å²) in [5.41, 5.74) is -0.447. The van der Waals surface area contributed by atoms with E-state index in [1.165, 1.54) is 22.3 Å². The van der Waals surface area contributed by atoms with E-state index >= 15 is 0 Å². The number of aromatic nitrogens is 3. The molecule has 13 nitrogen and oxygen atoms in total. The highest BCUT2D eigenvalue weighted by Crippen LogP contribution is 2.29. The molecular weight excluding hydrogens is 619 g/mol. The minimum Gasteiger partial charge on any atom is -0.465 e. The van der Waals surface area contributed by atoms with Gasteiger partial charge in [-0.15, -0.1) is 10.2 Å². The van der Waals surface area contributed by atoms with Crippen LogP contribution in [0.25, 0.3) is 0 Å². The van der Waals surface area contributed by atoms with E-state index in [4.69, 9.17) is 9.63 Å². The van der Waals surface area contributed by atoms with Crippen molar-refractivity contribution in [3.8, 4) is 0 Å². The summed E-state index contributed by atoms with van der Waals surface area (Å²) in [7, 11) is 0. The Balaban J connectivity index is 0.000000248. The van der Waals surface area contributed by atoms with E-state index < -0.39 is 36.2 Å². The number of carbonyl (C=O) groups is 4. The Labute approximate surface area is 262 Å². The van der Waals surface area contributed by atoms with Gasteiger partial charge in [-0.3, -0.25) is 24.6 Å². The zero-order chi connectivity index (χ0) is 33.7. The zero-order valence-electron chi connectivity index (χ0n) is 26.2. The van der Waals surface area contributed by atoms with Crippen molar-refractivity contribution in [3.05, 3.63) is 16.8 Å². The van der Waals surface area contributed by atoms with E-state index in [9.17, 15) is 32.3 Å². The van der Waals surface area contributed by atoms with Crippen LogP contribution in [-0.2, 0) is 25.2 Å². The molecule has 2 aliphatic rings. The first-order valence-corrected chi connectivity index (χ1v) is 15.4. The summed E-state index contributed by atoms with van der Waals surface area (Å²) >= 11 is 1.32. The van der Waals surface area contributed by atoms with Gasteiger partial charge in [0.1, 0.15) is 22.9 Å². The van der Waals surface area contributed by atoms with Gasteiger partial charge in [0.2, 0.25) is 16.9 Å². The number of likely N-dealkylation sites (tertiary alicyclic amines) is 2. The van der Waals surface area contributed by atoms with Crippen LogP contribution in [0.3, 0.4) is 0 Å². The Morgan fingerprint density at radius 3 is 1.91 bits per heavy atom. The number of nitrogens with one attached hydrogen (secondary N) is 2. The highest BCUT2D eigenvalue weighted by molar-refractivity contribution is 7.15. The average molecular weight is 660 g/mol. The summed E-state index contributed by atoms with van der Waals surface area (Å²) in [6.07, 6.45) is -2.67. The van der Waals surface area contributed by atoms with Gasteiger partial charge in [-0.05, 0) is 38.5 Å². The largest absolute Gasteiger partial charge is 0.471 e. The molecule has 4 rings (SSSR count). The number of anilines is 2. The van der Waals surface area contributed by atoms with Gasteiger partial charge in [0.15, 0.2) is 5.82 Å². The van der Waals surface area contributed by atoms with Crippen LogP contribution in [0.2, 0.25) is 0 Å². The first kappa shape index (κ1) is 35.7. The SMILES string of the molecule is CC(C)(C)c1cc(NC(=O)[C@@H]2CCCCN2C(=O)C(F)(F)F)no1.CC(C)(C)c1nnc(NC(=O)[C@@H]2CCCCN2C(=O)O)s1. The number of piperidine rings is 2. The second-order valence-corrected chi connectivity index (χ2v) is 13.9. The number of carboxylic acid groups (broad SMARTS) is 1. The van der Waals surface area contributed by atoms with Gasteiger partial charge in [0, 0.05) is 30.0 Å². The van der Waals surface area contributed by atoms with E-state index in [1.54, 1.807) is 0 Å². The third kappa shape index (κ3) is 9.61. The summed E-state index contributed by atoms with van der Waals surface area (Å²) in [4.78, 5) is 49.1. The molecule has 0 unspecified atom stereocenters. The van der Waals surface area contributed by atoms with Crippen molar-refractivity contribution in [2.75, 3.05) is 23.7 Å². The fourth-order valence-electron chi connectivity index (χ4n) is 4.71. The molecule has 2 aromatic heterocycles. The maximum atomic E-state index is 12.7. The number of amides is 4. The molecule has 0 saturated carbocycles. The minimum absolute atomic E-state index is 0.0948. The highest BCUT2D eigenvalue weighted by atomic mass is 32.1. The lowest BCUT2D eigenvalue weighted by molar-refractivity contribution is -0.189. The molecule has 0 bridgehead atoms. The molecule has 0 aliphatic carbocycles. The minimum atomic E-state index is -5.00. The normalized spacial score (nSPS) is 19.3. The Morgan fingerprint density at radius 1 is 0.867 bits per heavy atom. The maximum absolute atomic E-state index is 12.7. The summed E-state index contributed by atoms with van der Waals surface area (Å²) in [6.45, 7) is 12.0. The van der Waals surface area contributed by atoms with Gasteiger partial charge in [-0.2, -0.15) is 13.2 Å². The Kier molecular flexibility index (Phi) is 11.2. The lowest BCUT2D eigenvalue weighted by Crippen LogP contribution is -2.54. The average Bonchev–Trinajstić information content (AvgIpc) is 3.62. The van der Waals surface area contributed by atoms with Crippen molar-refractivity contribution in [1.29, 1.82) is 0 Å². The van der Waals surface area contributed by atoms with E-state index in [1.807, 2.05) is 41.5 Å². The topological polar surface area (TPSA) is 171 Å². The summed E-state index contributed by atoms with van der Waals surface area (Å²) in [6, 6.07) is -0.280. The van der Waals surface area contributed by atoms with Crippen LogP contribution in [0.5, 0.6) is 0 Å².